The van der Waals surface area contributed by atoms with Gasteiger partial charge in [0.15, 0.2) is 12.4 Å². The van der Waals surface area contributed by atoms with Crippen LogP contribution in [0.25, 0.3) is 0 Å². The molecule has 0 saturated carbocycles. The number of allylic oxidation sites excluding steroid dienone is 2. The van der Waals surface area contributed by atoms with Crippen LogP contribution >= 0.6 is 0 Å². The number of quaternary nitrogens is 1. The number of hydrogen-bond acceptors (Lipinski definition) is 8. The Balaban J connectivity index is 4.00. The average molecular weight is 1200 g/mol. The van der Waals surface area contributed by atoms with Gasteiger partial charge in [-0.15, -0.1) is 0 Å². The van der Waals surface area contributed by atoms with Crippen LogP contribution in [-0.2, 0) is 33.3 Å². The van der Waals surface area contributed by atoms with Gasteiger partial charge in [0.25, 0.3) is 0 Å². The summed E-state index contributed by atoms with van der Waals surface area (Å²) in [5, 5.41) is 11.8. The second kappa shape index (κ2) is 68.0. The van der Waals surface area contributed by atoms with Crippen molar-refractivity contribution in [1.29, 1.82) is 0 Å². The summed E-state index contributed by atoms with van der Waals surface area (Å²) >= 11 is 0. The summed E-state index contributed by atoms with van der Waals surface area (Å²) in [6.45, 7) is 4.84. The number of esters is 2. The van der Waals surface area contributed by atoms with Gasteiger partial charge in [-0.05, 0) is 38.5 Å². The number of rotatable bonds is 72. The molecule has 0 fully saturated rings. The van der Waals surface area contributed by atoms with Gasteiger partial charge in [-0.3, -0.25) is 9.59 Å². The highest BCUT2D eigenvalue weighted by molar-refractivity contribution is 5.70. The molecular weight excluding hydrogens is 1050 g/mol. The first-order chi connectivity index (χ1) is 41.6. The quantitative estimate of drug-likeness (QED) is 0.0195. The predicted molar refractivity (Wildman–Crippen MR) is 362 cm³/mol. The molecule has 0 spiro atoms. The normalized spacial score (nSPS) is 12.6. The molecule has 0 rings (SSSR count). The molecule has 504 valence electrons. The summed E-state index contributed by atoms with van der Waals surface area (Å²) in [4.78, 5) is 37.5. The van der Waals surface area contributed by atoms with E-state index in [4.69, 9.17) is 18.9 Å². The van der Waals surface area contributed by atoms with Crippen LogP contribution in [0.15, 0.2) is 12.2 Å². The molecule has 0 aromatic heterocycles. The minimum absolute atomic E-state index is 0.153. The second-order valence-electron chi connectivity index (χ2n) is 27.3. The monoisotopic (exact) mass is 1200 g/mol. The van der Waals surface area contributed by atoms with Crippen LogP contribution in [0.1, 0.15) is 399 Å². The lowest BCUT2D eigenvalue weighted by Crippen LogP contribution is -2.44. The largest absolute Gasteiger partial charge is 0.545 e. The fraction of sp³-hybridized carbons (Fsp3) is 0.934. The van der Waals surface area contributed by atoms with Crippen LogP contribution in [0.3, 0.4) is 0 Å². The van der Waals surface area contributed by atoms with E-state index in [2.05, 4.69) is 26.0 Å². The third kappa shape index (κ3) is 69.4. The van der Waals surface area contributed by atoms with Crippen molar-refractivity contribution in [1.82, 2.24) is 0 Å². The van der Waals surface area contributed by atoms with Crippen molar-refractivity contribution < 1.29 is 42.9 Å². The van der Waals surface area contributed by atoms with Gasteiger partial charge in [-0.25, -0.2) is 0 Å². The summed E-state index contributed by atoms with van der Waals surface area (Å²) in [7, 11) is 5.95. The van der Waals surface area contributed by atoms with E-state index in [9.17, 15) is 19.5 Å². The molecule has 0 aliphatic rings. The zero-order valence-corrected chi connectivity index (χ0v) is 57.8. The molecule has 0 radical (unpaired) electrons. The number of carbonyl (C=O) groups is 3. The van der Waals surface area contributed by atoms with Crippen LogP contribution < -0.4 is 5.11 Å². The Bertz CT molecular complexity index is 1400. The van der Waals surface area contributed by atoms with Crippen molar-refractivity contribution in [2.24, 2.45) is 0 Å². The van der Waals surface area contributed by atoms with Crippen molar-refractivity contribution in [3.63, 3.8) is 0 Å². The summed E-state index contributed by atoms with van der Waals surface area (Å²) in [5.74, 6) is -2.24. The predicted octanol–water partition coefficient (Wildman–Crippen LogP) is 22.3. The molecule has 9 nitrogen and oxygen atoms in total. The van der Waals surface area contributed by atoms with E-state index in [0.717, 1.165) is 38.5 Å². The highest BCUT2D eigenvalue weighted by Crippen LogP contribution is 2.20. The Morgan fingerprint density at radius 2 is 0.600 bits per heavy atom. The summed E-state index contributed by atoms with van der Waals surface area (Å²) < 4.78 is 22.9. The highest BCUT2D eigenvalue weighted by atomic mass is 16.7. The second-order valence-corrected chi connectivity index (χ2v) is 27.3. The van der Waals surface area contributed by atoms with Gasteiger partial charge in [0.2, 0.25) is 0 Å². The molecule has 2 unspecified atom stereocenters. The molecule has 0 saturated heterocycles. The summed E-state index contributed by atoms with van der Waals surface area (Å²) in [6, 6.07) is 0. The number of aliphatic carboxylic acids is 1. The number of carbonyl (C=O) groups excluding carboxylic acids is 3. The SMILES string of the molecule is CCCCCCCCCC/C=C\CCCCCCCCCCCCCCCCCCCCCC(=O)OC(COC(=O)CCCCCCCCCCCCCCCCCCCCCCCCCCCCCCC)COC(OCC[N+](C)(C)C)C(=O)[O-]. The highest BCUT2D eigenvalue weighted by Gasteiger charge is 2.22. The molecule has 85 heavy (non-hydrogen) atoms. The molecule has 0 amide bonds. The molecule has 0 N–H and O–H groups in total. The van der Waals surface area contributed by atoms with E-state index in [1.807, 2.05) is 21.1 Å². The lowest BCUT2D eigenvalue weighted by molar-refractivity contribution is -0.870. The van der Waals surface area contributed by atoms with Gasteiger partial charge >= 0.3 is 11.9 Å². The number of ether oxygens (including phenoxy) is 4. The lowest BCUT2D eigenvalue weighted by atomic mass is 10.0. The topological polar surface area (TPSA) is 111 Å². The maximum absolute atomic E-state index is 13.0. The van der Waals surface area contributed by atoms with E-state index in [1.54, 1.807) is 0 Å². The van der Waals surface area contributed by atoms with Gasteiger partial charge in [0.1, 0.15) is 13.2 Å². The first-order valence-corrected chi connectivity index (χ1v) is 37.8. The minimum atomic E-state index is -1.62. The Labute approximate surface area is 529 Å². The van der Waals surface area contributed by atoms with Crippen LogP contribution in [0.5, 0.6) is 0 Å². The molecule has 0 aromatic carbocycles. The smallest absolute Gasteiger partial charge is 0.306 e. The maximum Gasteiger partial charge on any atom is 0.306 e. The minimum Gasteiger partial charge on any atom is -0.545 e. The number of carboxylic acid groups (broad SMARTS) is 1. The van der Waals surface area contributed by atoms with Gasteiger partial charge in [0.05, 0.1) is 40.3 Å². The van der Waals surface area contributed by atoms with E-state index < -0.39 is 24.3 Å². The van der Waals surface area contributed by atoms with Crippen molar-refractivity contribution >= 4 is 17.9 Å². The van der Waals surface area contributed by atoms with Crippen LogP contribution in [-0.4, -0.2) is 82.3 Å². The van der Waals surface area contributed by atoms with Crippen LogP contribution in [0.2, 0.25) is 0 Å². The molecule has 0 aromatic rings. The Hall–Kier alpha value is -1.97. The zero-order valence-electron chi connectivity index (χ0n) is 57.8. The molecule has 0 heterocycles. The van der Waals surface area contributed by atoms with E-state index in [-0.39, 0.29) is 32.2 Å². The van der Waals surface area contributed by atoms with E-state index >= 15 is 0 Å². The van der Waals surface area contributed by atoms with Crippen molar-refractivity contribution in [3.8, 4) is 0 Å². The molecule has 9 heteroatoms. The Morgan fingerprint density at radius 3 is 0.871 bits per heavy atom. The third-order valence-corrected chi connectivity index (χ3v) is 17.5. The molecule has 0 bridgehead atoms. The van der Waals surface area contributed by atoms with Crippen molar-refractivity contribution in [2.45, 2.75) is 411 Å². The summed E-state index contributed by atoms with van der Waals surface area (Å²) in [6.07, 6.45) is 80.4. The molecule has 0 aliphatic heterocycles. The van der Waals surface area contributed by atoms with Crippen molar-refractivity contribution in [2.75, 3.05) is 47.5 Å². The fourth-order valence-corrected chi connectivity index (χ4v) is 11.7. The standard InChI is InChI=1S/C76H147NO8/c1-6-8-10-12-14-16-18-20-22-24-26-28-30-32-34-36-37-39-41-43-45-47-49-51-53-55-57-59-61-63-65-67-74(79)85-72(71-84-76(75(80)81)82-69-68-77(3,4)5)70-83-73(78)66-64-62-60-58-56-54-52-50-48-46-44-42-40-38-35-33-31-29-27-25-23-21-19-17-15-13-11-9-7-2/h24,26,72,76H,6-23,25,27-71H2,1-5H3/b26-24-. The zero-order chi connectivity index (χ0) is 61.9. The maximum atomic E-state index is 13.0. The summed E-state index contributed by atoms with van der Waals surface area (Å²) in [5.41, 5.74) is 0. The van der Waals surface area contributed by atoms with Gasteiger partial charge < -0.3 is 33.3 Å². The van der Waals surface area contributed by atoms with Gasteiger partial charge in [-0.1, -0.05) is 360 Å². The molecule has 0 aliphatic carbocycles. The number of likely N-dealkylation sites (N-methyl/N-ethyl adjacent to an activating group) is 1. The first-order valence-electron chi connectivity index (χ1n) is 37.8. The Kier molecular flexibility index (Phi) is 66.4. The Morgan fingerprint density at radius 1 is 0.341 bits per heavy atom. The first kappa shape index (κ1) is 83.0. The van der Waals surface area contributed by atoms with Crippen molar-refractivity contribution in [3.05, 3.63) is 12.2 Å². The average Bonchev–Trinajstić information content (AvgIpc) is 3.49. The van der Waals surface area contributed by atoms with E-state index in [1.165, 1.54) is 334 Å². The molecular formula is C76H147NO8. The van der Waals surface area contributed by atoms with Crippen LogP contribution in [0.4, 0.5) is 0 Å². The van der Waals surface area contributed by atoms with Crippen LogP contribution in [0, 0.1) is 0 Å². The molecule has 2 atom stereocenters. The van der Waals surface area contributed by atoms with Gasteiger partial charge in [-0.2, -0.15) is 0 Å². The lowest BCUT2D eigenvalue weighted by Gasteiger charge is -2.26. The van der Waals surface area contributed by atoms with E-state index in [0.29, 0.717) is 17.4 Å². The fourth-order valence-electron chi connectivity index (χ4n) is 11.7. The number of unbranched alkanes of at least 4 members (excludes halogenated alkanes) is 55. The number of hydrogen-bond donors (Lipinski definition) is 0. The third-order valence-electron chi connectivity index (χ3n) is 17.5. The van der Waals surface area contributed by atoms with Gasteiger partial charge in [0, 0.05) is 12.8 Å². The number of nitrogens with zero attached hydrogens (tertiary/aromatic N) is 1. The number of carboxylic acids is 1.